The van der Waals surface area contributed by atoms with E-state index in [4.69, 9.17) is 0 Å². The van der Waals surface area contributed by atoms with Gasteiger partial charge in [0.25, 0.3) is 0 Å². The topological polar surface area (TPSA) is 89.8 Å². The Hall–Kier alpha value is -1.43. The first-order valence-electron chi connectivity index (χ1n) is 25.8. The fourth-order valence-corrected chi connectivity index (χ4v) is 7.91. The Bertz CT molecular complexity index is 901. The molecular formula is C53H101NO4. The summed E-state index contributed by atoms with van der Waals surface area (Å²) in [7, 11) is 0. The molecule has 0 spiro atoms. The van der Waals surface area contributed by atoms with Crippen LogP contribution in [-0.4, -0.2) is 46.1 Å². The monoisotopic (exact) mass is 816 g/mol. The molecule has 0 aliphatic carbocycles. The van der Waals surface area contributed by atoms with E-state index in [1.165, 1.54) is 205 Å². The minimum atomic E-state index is -1.11. The van der Waals surface area contributed by atoms with Crippen LogP contribution in [0.3, 0.4) is 0 Å². The summed E-state index contributed by atoms with van der Waals surface area (Å²) in [5, 5.41) is 33.1. The highest BCUT2D eigenvalue weighted by Crippen LogP contribution is 2.17. The van der Waals surface area contributed by atoms with Crippen LogP contribution in [0.4, 0.5) is 0 Å². The van der Waals surface area contributed by atoms with E-state index in [9.17, 15) is 20.1 Å². The average molecular weight is 816 g/mol. The molecule has 0 saturated carbocycles. The highest BCUT2D eigenvalue weighted by atomic mass is 16.3. The van der Waals surface area contributed by atoms with E-state index in [0.717, 1.165) is 44.9 Å². The molecule has 3 unspecified atom stereocenters. The van der Waals surface area contributed by atoms with E-state index < -0.39 is 24.2 Å². The molecule has 0 rings (SSSR count). The van der Waals surface area contributed by atoms with Gasteiger partial charge in [-0.2, -0.15) is 0 Å². The van der Waals surface area contributed by atoms with Crippen molar-refractivity contribution in [1.82, 2.24) is 5.32 Å². The first kappa shape index (κ1) is 56.6. The number of amides is 1. The van der Waals surface area contributed by atoms with Crippen molar-refractivity contribution in [2.75, 3.05) is 6.61 Å². The normalized spacial score (nSPS) is 13.7. The largest absolute Gasteiger partial charge is 0.394 e. The third kappa shape index (κ3) is 42.7. The molecule has 5 heteroatoms. The number of carbonyl (C=O) groups excluding carboxylic acids is 1. The number of carbonyl (C=O) groups is 1. The molecule has 342 valence electrons. The summed E-state index contributed by atoms with van der Waals surface area (Å²) in [4.78, 5) is 12.5. The van der Waals surface area contributed by atoms with Crippen LogP contribution >= 0.6 is 0 Å². The maximum absolute atomic E-state index is 12.5. The molecule has 0 aliphatic rings. The molecule has 0 heterocycles. The molecule has 3 atom stereocenters. The van der Waals surface area contributed by atoms with Gasteiger partial charge < -0.3 is 20.6 Å². The number of hydrogen-bond acceptors (Lipinski definition) is 4. The summed E-state index contributed by atoms with van der Waals surface area (Å²) in [6.45, 7) is 4.13. The molecule has 58 heavy (non-hydrogen) atoms. The molecule has 0 saturated heterocycles. The summed E-state index contributed by atoms with van der Waals surface area (Å²) in [5.74, 6) is -0.515. The Morgan fingerprint density at radius 1 is 0.414 bits per heavy atom. The number of unbranched alkanes of at least 4 members (excludes halogenated alkanes) is 35. The van der Waals surface area contributed by atoms with Gasteiger partial charge in [0.15, 0.2) is 0 Å². The Morgan fingerprint density at radius 2 is 0.707 bits per heavy atom. The first-order valence-corrected chi connectivity index (χ1v) is 25.8. The molecule has 1 amide bonds. The van der Waals surface area contributed by atoms with Crippen molar-refractivity contribution in [2.45, 2.75) is 289 Å². The SMILES string of the molecule is CCCC/C=C/CC/C=C/CC/C=C/C(O)C(CO)NC(=O)C(O)CCCCCCCCCCCCCCCCCCCCCCCCCCCCCCCCCC. The predicted molar refractivity (Wildman–Crippen MR) is 254 cm³/mol. The molecule has 5 nitrogen and oxygen atoms in total. The Labute approximate surface area is 362 Å². The number of aliphatic hydroxyl groups excluding tert-OH is 3. The smallest absolute Gasteiger partial charge is 0.249 e. The lowest BCUT2D eigenvalue weighted by atomic mass is 10.0. The maximum Gasteiger partial charge on any atom is 0.249 e. The Morgan fingerprint density at radius 3 is 1.03 bits per heavy atom. The van der Waals surface area contributed by atoms with Gasteiger partial charge in [0.05, 0.1) is 18.8 Å². The Balaban J connectivity index is 3.49. The number of aliphatic hydroxyl groups is 3. The molecular weight excluding hydrogens is 715 g/mol. The minimum Gasteiger partial charge on any atom is -0.394 e. The third-order valence-corrected chi connectivity index (χ3v) is 12.0. The molecule has 4 N–H and O–H groups in total. The van der Waals surface area contributed by atoms with Crippen molar-refractivity contribution >= 4 is 5.91 Å². The second kappa shape index (κ2) is 48.2. The summed E-state index contributed by atoms with van der Waals surface area (Å²) >= 11 is 0. The van der Waals surface area contributed by atoms with Gasteiger partial charge in [0.1, 0.15) is 6.10 Å². The molecule has 0 aliphatic heterocycles. The lowest BCUT2D eigenvalue weighted by Gasteiger charge is -2.21. The fraction of sp³-hybridized carbons (Fsp3) is 0.868. The summed E-state index contributed by atoms with van der Waals surface area (Å²) in [6.07, 6.45) is 62.3. The molecule has 0 aromatic rings. The van der Waals surface area contributed by atoms with Crippen molar-refractivity contribution in [3.05, 3.63) is 36.5 Å². The van der Waals surface area contributed by atoms with Gasteiger partial charge >= 0.3 is 0 Å². The van der Waals surface area contributed by atoms with E-state index in [1.807, 2.05) is 6.08 Å². The van der Waals surface area contributed by atoms with Gasteiger partial charge in [0, 0.05) is 0 Å². The quantitative estimate of drug-likeness (QED) is 0.0364. The van der Waals surface area contributed by atoms with Crippen molar-refractivity contribution in [1.29, 1.82) is 0 Å². The van der Waals surface area contributed by atoms with Gasteiger partial charge in [-0.15, -0.1) is 0 Å². The lowest BCUT2D eigenvalue weighted by molar-refractivity contribution is -0.131. The molecule has 0 fully saturated rings. The zero-order chi connectivity index (χ0) is 42.3. The summed E-state index contributed by atoms with van der Waals surface area (Å²) < 4.78 is 0. The van der Waals surface area contributed by atoms with E-state index in [1.54, 1.807) is 6.08 Å². The van der Waals surface area contributed by atoms with Gasteiger partial charge in [-0.05, 0) is 38.5 Å². The standard InChI is InChI=1S/C53H101NO4/c1-3-5-7-9-11-13-15-17-18-19-20-21-22-23-24-25-26-27-28-29-30-31-32-33-34-35-36-38-40-42-44-46-48-52(57)53(58)54-50(49-55)51(56)47-45-43-41-39-37-16-14-12-10-8-6-4-2/h10,12,37,39,45,47,50-52,55-57H,3-9,11,13-36,38,40-44,46,48-49H2,1-2H3,(H,54,58)/b12-10+,39-37+,47-45+. The Kier molecular flexibility index (Phi) is 47.0. The van der Waals surface area contributed by atoms with Crippen molar-refractivity contribution in [3.63, 3.8) is 0 Å². The molecule has 0 bridgehead atoms. The van der Waals surface area contributed by atoms with Gasteiger partial charge in [-0.25, -0.2) is 0 Å². The van der Waals surface area contributed by atoms with Crippen LogP contribution in [0.2, 0.25) is 0 Å². The van der Waals surface area contributed by atoms with E-state index in [0.29, 0.717) is 6.42 Å². The lowest BCUT2D eigenvalue weighted by Crippen LogP contribution is -2.48. The van der Waals surface area contributed by atoms with E-state index in [2.05, 4.69) is 43.5 Å². The van der Waals surface area contributed by atoms with Crippen molar-refractivity contribution < 1.29 is 20.1 Å². The summed E-state index contributed by atoms with van der Waals surface area (Å²) in [5.41, 5.74) is 0. The van der Waals surface area contributed by atoms with Crippen LogP contribution in [0.5, 0.6) is 0 Å². The number of allylic oxidation sites excluding steroid dienone is 5. The highest BCUT2D eigenvalue weighted by Gasteiger charge is 2.22. The van der Waals surface area contributed by atoms with Crippen LogP contribution in [0.1, 0.15) is 271 Å². The first-order chi connectivity index (χ1) is 28.6. The zero-order valence-electron chi connectivity index (χ0n) is 38.9. The highest BCUT2D eigenvalue weighted by molar-refractivity contribution is 5.80. The van der Waals surface area contributed by atoms with E-state index in [-0.39, 0.29) is 6.61 Å². The second-order valence-electron chi connectivity index (χ2n) is 17.7. The van der Waals surface area contributed by atoms with Gasteiger partial charge in [-0.1, -0.05) is 269 Å². The van der Waals surface area contributed by atoms with E-state index >= 15 is 0 Å². The van der Waals surface area contributed by atoms with Gasteiger partial charge in [0.2, 0.25) is 5.91 Å². The fourth-order valence-electron chi connectivity index (χ4n) is 7.91. The molecule has 0 aromatic carbocycles. The number of nitrogens with one attached hydrogen (secondary N) is 1. The minimum absolute atomic E-state index is 0.380. The van der Waals surface area contributed by atoms with Crippen LogP contribution in [0.25, 0.3) is 0 Å². The predicted octanol–water partition coefficient (Wildman–Crippen LogP) is 15.5. The third-order valence-electron chi connectivity index (χ3n) is 12.0. The number of hydrogen-bond donors (Lipinski definition) is 4. The van der Waals surface area contributed by atoms with Crippen LogP contribution in [0, 0.1) is 0 Å². The van der Waals surface area contributed by atoms with Crippen molar-refractivity contribution in [3.8, 4) is 0 Å². The maximum atomic E-state index is 12.5. The van der Waals surface area contributed by atoms with Crippen molar-refractivity contribution in [2.24, 2.45) is 0 Å². The zero-order valence-corrected chi connectivity index (χ0v) is 38.9. The average Bonchev–Trinajstić information content (AvgIpc) is 3.23. The molecule has 0 aromatic heterocycles. The second-order valence-corrected chi connectivity index (χ2v) is 17.7. The van der Waals surface area contributed by atoms with Crippen LogP contribution in [-0.2, 0) is 4.79 Å². The number of rotatable bonds is 47. The van der Waals surface area contributed by atoms with Crippen LogP contribution < -0.4 is 5.32 Å². The van der Waals surface area contributed by atoms with Crippen LogP contribution in [0.15, 0.2) is 36.5 Å². The molecule has 0 radical (unpaired) electrons. The van der Waals surface area contributed by atoms with Gasteiger partial charge in [-0.3, -0.25) is 4.79 Å². The summed E-state index contributed by atoms with van der Waals surface area (Å²) in [6, 6.07) is -0.818.